The van der Waals surface area contributed by atoms with Gasteiger partial charge in [0.25, 0.3) is 0 Å². The second-order valence-corrected chi connectivity index (χ2v) is 7.13. The van der Waals surface area contributed by atoms with Crippen LogP contribution in [-0.2, 0) is 0 Å². The van der Waals surface area contributed by atoms with Crippen LogP contribution in [-0.4, -0.2) is 20.2 Å². The highest BCUT2D eigenvalue weighted by atomic mass is 35.5. The van der Waals surface area contributed by atoms with E-state index in [9.17, 15) is 0 Å². The monoisotopic (exact) mass is 418 g/mol. The van der Waals surface area contributed by atoms with Crippen molar-refractivity contribution in [2.45, 2.75) is 13.0 Å². The predicted octanol–water partition coefficient (Wildman–Crippen LogP) is 6.12. The lowest BCUT2D eigenvalue weighted by molar-refractivity contribution is 0.227. The predicted molar refractivity (Wildman–Crippen MR) is 108 cm³/mol. The van der Waals surface area contributed by atoms with Crippen molar-refractivity contribution in [1.29, 1.82) is 0 Å². The van der Waals surface area contributed by atoms with Crippen molar-refractivity contribution in [3.05, 3.63) is 69.7 Å². The van der Waals surface area contributed by atoms with Crippen molar-refractivity contribution in [1.82, 2.24) is 20.2 Å². The molecule has 1 atom stereocenters. The average molecular weight is 420 g/mol. The molecule has 0 spiro atoms. The Bertz CT molecular complexity index is 1090. The molecule has 136 valence electrons. The summed E-state index contributed by atoms with van der Waals surface area (Å²) < 4.78 is 6.07. The van der Waals surface area contributed by atoms with Gasteiger partial charge >= 0.3 is 0 Å². The van der Waals surface area contributed by atoms with Gasteiger partial charge < -0.3 is 4.74 Å². The van der Waals surface area contributed by atoms with E-state index in [0.29, 0.717) is 26.5 Å². The van der Waals surface area contributed by atoms with Crippen LogP contribution in [0.3, 0.4) is 0 Å². The van der Waals surface area contributed by atoms with Crippen LogP contribution >= 0.6 is 34.8 Å². The summed E-state index contributed by atoms with van der Waals surface area (Å²) in [5, 5.41) is 9.68. The quantitative estimate of drug-likeness (QED) is 0.405. The summed E-state index contributed by atoms with van der Waals surface area (Å²) in [6.45, 7) is 1.89. The van der Waals surface area contributed by atoms with E-state index in [1.165, 1.54) is 0 Å². The number of nitrogens with zero attached hydrogens (tertiary/aromatic N) is 3. The first-order valence-electron chi connectivity index (χ1n) is 8.08. The van der Waals surface area contributed by atoms with Crippen LogP contribution in [0.4, 0.5) is 0 Å². The Morgan fingerprint density at radius 1 is 1.00 bits per heavy atom. The number of fused-ring (bicyclic) bond motifs is 1. The van der Waals surface area contributed by atoms with Gasteiger partial charge in [-0.2, -0.15) is 5.10 Å². The SMILES string of the molecule is C[C@@H](Oc1ccc2[nH]nc(-c3ccc(Cl)nc3)c2c1)c1c(Cl)cncc1Cl. The molecule has 0 amide bonds. The van der Waals surface area contributed by atoms with E-state index in [1.807, 2.05) is 31.2 Å². The Labute approximate surface area is 170 Å². The summed E-state index contributed by atoms with van der Waals surface area (Å²) in [4.78, 5) is 8.09. The molecule has 0 aliphatic carbocycles. The first-order chi connectivity index (χ1) is 13.0. The van der Waals surface area contributed by atoms with Crippen molar-refractivity contribution in [3.8, 4) is 17.0 Å². The molecule has 27 heavy (non-hydrogen) atoms. The van der Waals surface area contributed by atoms with Crippen molar-refractivity contribution in [2.24, 2.45) is 0 Å². The number of aromatic amines is 1. The second-order valence-electron chi connectivity index (χ2n) is 5.93. The van der Waals surface area contributed by atoms with Crippen LogP contribution in [0.15, 0.2) is 48.9 Å². The Hall–Kier alpha value is -2.34. The highest BCUT2D eigenvalue weighted by Gasteiger charge is 2.17. The molecule has 0 aliphatic rings. The zero-order valence-corrected chi connectivity index (χ0v) is 16.3. The molecule has 0 fully saturated rings. The van der Waals surface area contributed by atoms with Crippen LogP contribution in [0.2, 0.25) is 15.2 Å². The lowest BCUT2D eigenvalue weighted by Crippen LogP contribution is -2.05. The fourth-order valence-corrected chi connectivity index (χ4v) is 3.66. The minimum atomic E-state index is -0.349. The Morgan fingerprint density at radius 2 is 1.78 bits per heavy atom. The van der Waals surface area contributed by atoms with E-state index in [-0.39, 0.29) is 6.10 Å². The topological polar surface area (TPSA) is 63.7 Å². The number of hydrogen-bond donors (Lipinski definition) is 1. The molecule has 1 N–H and O–H groups in total. The van der Waals surface area contributed by atoms with Gasteiger partial charge in [-0.1, -0.05) is 34.8 Å². The number of rotatable bonds is 4. The average Bonchev–Trinajstić information content (AvgIpc) is 3.05. The molecule has 3 aromatic heterocycles. The fourth-order valence-electron chi connectivity index (χ4n) is 2.88. The maximum atomic E-state index is 6.23. The minimum absolute atomic E-state index is 0.349. The zero-order valence-electron chi connectivity index (χ0n) is 14.1. The van der Waals surface area contributed by atoms with Crippen molar-refractivity contribution in [3.63, 3.8) is 0 Å². The van der Waals surface area contributed by atoms with Crippen molar-refractivity contribution in [2.75, 3.05) is 0 Å². The summed E-state index contributed by atoms with van der Waals surface area (Å²) in [7, 11) is 0. The molecule has 5 nitrogen and oxygen atoms in total. The third kappa shape index (κ3) is 3.58. The zero-order chi connectivity index (χ0) is 19.0. The fraction of sp³-hybridized carbons (Fsp3) is 0.105. The van der Waals surface area contributed by atoms with Crippen LogP contribution in [0.1, 0.15) is 18.6 Å². The number of nitrogens with one attached hydrogen (secondary N) is 1. The van der Waals surface area contributed by atoms with Gasteiger partial charge in [0.2, 0.25) is 0 Å². The molecule has 0 radical (unpaired) electrons. The highest BCUT2D eigenvalue weighted by Crippen LogP contribution is 2.34. The Kier molecular flexibility index (Phi) is 4.91. The standard InChI is InChI=1S/C19H13Cl3N4O/c1-10(18-14(20)8-23-9-15(18)21)27-12-3-4-16-13(6-12)19(26-25-16)11-2-5-17(22)24-7-11/h2-10H,1H3,(H,25,26)/t10-/m1/s1. The largest absolute Gasteiger partial charge is 0.486 e. The first kappa shape index (κ1) is 18.0. The minimum Gasteiger partial charge on any atom is -0.486 e. The summed E-state index contributed by atoms with van der Waals surface area (Å²) in [6, 6.07) is 9.30. The van der Waals surface area contributed by atoms with Crippen LogP contribution in [0.25, 0.3) is 22.2 Å². The van der Waals surface area contributed by atoms with E-state index in [2.05, 4.69) is 20.2 Å². The summed E-state index contributed by atoms with van der Waals surface area (Å²) in [6.07, 6.45) is 4.43. The molecule has 4 aromatic rings. The van der Waals surface area contributed by atoms with E-state index in [0.717, 1.165) is 22.2 Å². The molecule has 0 unspecified atom stereocenters. The lowest BCUT2D eigenvalue weighted by Gasteiger charge is -2.17. The molecule has 0 bridgehead atoms. The van der Waals surface area contributed by atoms with Crippen LogP contribution in [0, 0.1) is 0 Å². The molecule has 0 saturated carbocycles. The van der Waals surface area contributed by atoms with Gasteiger partial charge in [-0.15, -0.1) is 0 Å². The summed E-state index contributed by atoms with van der Waals surface area (Å²) in [5.41, 5.74) is 3.21. The summed E-state index contributed by atoms with van der Waals surface area (Å²) in [5.74, 6) is 0.670. The molecule has 4 rings (SSSR count). The van der Waals surface area contributed by atoms with Gasteiger partial charge in [0, 0.05) is 35.1 Å². The second kappa shape index (κ2) is 7.35. The number of H-pyrrole nitrogens is 1. The van der Waals surface area contributed by atoms with Crippen molar-refractivity contribution < 1.29 is 4.74 Å². The normalized spacial score (nSPS) is 12.3. The molecule has 1 aromatic carbocycles. The number of hydrogen-bond acceptors (Lipinski definition) is 4. The number of pyridine rings is 2. The Balaban J connectivity index is 1.69. The third-order valence-electron chi connectivity index (χ3n) is 4.14. The van der Waals surface area contributed by atoms with E-state index in [4.69, 9.17) is 39.5 Å². The molecular weight excluding hydrogens is 407 g/mol. The molecular formula is C19H13Cl3N4O. The highest BCUT2D eigenvalue weighted by molar-refractivity contribution is 6.35. The maximum Gasteiger partial charge on any atom is 0.129 e. The number of benzene rings is 1. The number of halogens is 3. The van der Waals surface area contributed by atoms with Crippen LogP contribution in [0.5, 0.6) is 5.75 Å². The van der Waals surface area contributed by atoms with E-state index in [1.54, 1.807) is 24.7 Å². The van der Waals surface area contributed by atoms with E-state index >= 15 is 0 Å². The van der Waals surface area contributed by atoms with E-state index < -0.39 is 0 Å². The molecule has 8 heteroatoms. The lowest BCUT2D eigenvalue weighted by atomic mass is 10.1. The smallest absolute Gasteiger partial charge is 0.129 e. The Morgan fingerprint density at radius 3 is 2.48 bits per heavy atom. The van der Waals surface area contributed by atoms with Gasteiger partial charge in [-0.3, -0.25) is 10.1 Å². The molecule has 3 heterocycles. The van der Waals surface area contributed by atoms with Crippen molar-refractivity contribution >= 4 is 45.7 Å². The molecule has 0 saturated heterocycles. The summed E-state index contributed by atoms with van der Waals surface area (Å²) >= 11 is 18.3. The molecule has 0 aliphatic heterocycles. The third-order valence-corrected chi connectivity index (χ3v) is 4.97. The number of ether oxygens (including phenoxy) is 1. The van der Waals surface area contributed by atoms with Gasteiger partial charge in [0.05, 0.1) is 15.6 Å². The van der Waals surface area contributed by atoms with Gasteiger partial charge in [0.1, 0.15) is 22.7 Å². The maximum absolute atomic E-state index is 6.23. The number of aromatic nitrogens is 4. The van der Waals surface area contributed by atoms with Gasteiger partial charge in [0.15, 0.2) is 0 Å². The van der Waals surface area contributed by atoms with Gasteiger partial charge in [-0.05, 0) is 37.3 Å². The van der Waals surface area contributed by atoms with Crippen LogP contribution < -0.4 is 4.74 Å². The van der Waals surface area contributed by atoms with Gasteiger partial charge in [-0.25, -0.2) is 4.98 Å². The first-order valence-corrected chi connectivity index (χ1v) is 9.22.